The highest BCUT2D eigenvalue weighted by Crippen LogP contribution is 2.26. The van der Waals surface area contributed by atoms with Crippen molar-refractivity contribution in [3.8, 4) is 0 Å². The molecule has 1 amide bonds. The van der Waals surface area contributed by atoms with E-state index in [0.717, 1.165) is 36.5 Å². The molecule has 1 aliphatic rings. The summed E-state index contributed by atoms with van der Waals surface area (Å²) in [4.78, 5) is 12.1. The van der Waals surface area contributed by atoms with E-state index in [1.165, 1.54) is 6.07 Å². The van der Waals surface area contributed by atoms with Crippen LogP contribution in [-0.4, -0.2) is 28.9 Å². The van der Waals surface area contributed by atoms with E-state index in [1.54, 1.807) is 17.1 Å². The number of amides is 1. The Bertz CT molecular complexity index is 646. The number of hydrogen-bond acceptors (Lipinski definition) is 4. The lowest BCUT2D eigenvalue weighted by molar-refractivity contribution is 0.0791. The zero-order valence-electron chi connectivity index (χ0n) is 11.6. The molecule has 3 rings (SSSR count). The molecule has 1 aliphatic heterocycles. The molecule has 0 radical (unpaired) electrons. The Hall–Kier alpha value is -1.73. The molecule has 1 saturated heterocycles. The molecule has 0 spiro atoms. The second kappa shape index (κ2) is 5.95. The fraction of sp³-hybridized carbons (Fsp3) is 0.429. The summed E-state index contributed by atoms with van der Waals surface area (Å²) in [5, 5.41) is 8.68. The third-order valence-electron chi connectivity index (χ3n) is 3.54. The number of nitrogens with zero attached hydrogens (tertiary/aromatic N) is 2. The van der Waals surface area contributed by atoms with Gasteiger partial charge in [0.15, 0.2) is 0 Å². The summed E-state index contributed by atoms with van der Waals surface area (Å²) >= 11 is 1.08. The first kappa shape index (κ1) is 14.2. The van der Waals surface area contributed by atoms with Crippen LogP contribution >= 0.6 is 11.3 Å². The number of carbonyl (C=O) groups excluding carboxylic acids is 1. The molecule has 2 aromatic rings. The molecular weight excluding hydrogens is 293 g/mol. The maximum Gasteiger partial charge on any atom is 0.269 e. The second-order valence-electron chi connectivity index (χ2n) is 5.04. The Labute approximate surface area is 125 Å². The molecule has 1 N–H and O–H groups in total. The fourth-order valence-electron chi connectivity index (χ4n) is 2.41. The normalized spacial score (nSPS) is 18.7. The van der Waals surface area contributed by atoms with Crippen LogP contribution in [0.25, 0.3) is 0 Å². The number of carbonyl (C=O) groups is 1. The van der Waals surface area contributed by atoms with Crippen LogP contribution in [0.1, 0.15) is 34.1 Å². The van der Waals surface area contributed by atoms with Crippen LogP contribution in [0.2, 0.25) is 0 Å². The topological polar surface area (TPSA) is 56.1 Å². The number of ether oxygens (including phenoxy) is 1. The molecule has 5 nitrogen and oxygen atoms in total. The predicted molar refractivity (Wildman–Crippen MR) is 78.2 cm³/mol. The molecular formula is C14H16FN3O2S. The van der Waals surface area contributed by atoms with Crippen molar-refractivity contribution in [3.63, 3.8) is 0 Å². The maximum atomic E-state index is 13.4. The number of nitrogens with one attached hydrogen (secondary N) is 1. The lowest BCUT2D eigenvalue weighted by Gasteiger charge is -2.19. The zero-order chi connectivity index (χ0) is 14.8. The molecule has 0 bridgehead atoms. The molecule has 1 fully saturated rings. The largest absolute Gasteiger partial charge is 0.381 e. The zero-order valence-corrected chi connectivity index (χ0v) is 12.5. The van der Waals surface area contributed by atoms with Crippen molar-refractivity contribution in [1.82, 2.24) is 9.78 Å². The van der Waals surface area contributed by atoms with Crippen molar-refractivity contribution in [2.75, 3.05) is 18.5 Å². The summed E-state index contributed by atoms with van der Waals surface area (Å²) < 4.78 is 20.5. The number of rotatable bonds is 3. The van der Waals surface area contributed by atoms with E-state index in [2.05, 4.69) is 10.4 Å². The summed E-state index contributed by atoms with van der Waals surface area (Å²) in [6, 6.07) is 3.12. The molecule has 21 heavy (non-hydrogen) atoms. The van der Waals surface area contributed by atoms with Crippen LogP contribution in [0, 0.1) is 5.82 Å². The van der Waals surface area contributed by atoms with Crippen LogP contribution in [0.15, 0.2) is 17.5 Å². The molecule has 1 unspecified atom stereocenters. The minimum absolute atomic E-state index is 0.0822. The average molecular weight is 309 g/mol. The first-order chi connectivity index (χ1) is 10.1. The van der Waals surface area contributed by atoms with Gasteiger partial charge in [-0.25, -0.2) is 4.39 Å². The molecule has 112 valence electrons. The number of aryl methyl sites for hydroxylation is 1. The van der Waals surface area contributed by atoms with Crippen LogP contribution in [0.4, 0.5) is 10.2 Å². The van der Waals surface area contributed by atoms with Gasteiger partial charge < -0.3 is 10.1 Å². The summed E-state index contributed by atoms with van der Waals surface area (Å²) in [5.74, 6) is -0.125. The Morgan fingerprint density at radius 2 is 2.48 bits per heavy atom. The van der Waals surface area contributed by atoms with Crippen LogP contribution in [0.5, 0.6) is 0 Å². The molecule has 0 aromatic carbocycles. The van der Waals surface area contributed by atoms with Gasteiger partial charge in [-0.15, -0.1) is 11.3 Å². The first-order valence-corrected chi connectivity index (χ1v) is 7.69. The van der Waals surface area contributed by atoms with E-state index in [1.807, 2.05) is 6.07 Å². The Balaban J connectivity index is 1.75. The Kier molecular flexibility index (Phi) is 4.03. The quantitative estimate of drug-likeness (QED) is 0.948. The summed E-state index contributed by atoms with van der Waals surface area (Å²) in [6.45, 7) is 1.45. The van der Waals surface area contributed by atoms with Gasteiger partial charge in [-0.3, -0.25) is 9.48 Å². The molecule has 1 atom stereocenters. The molecule has 0 aliphatic carbocycles. The van der Waals surface area contributed by atoms with Gasteiger partial charge >= 0.3 is 0 Å². The number of anilines is 1. The van der Waals surface area contributed by atoms with Gasteiger partial charge in [-0.2, -0.15) is 5.10 Å². The van der Waals surface area contributed by atoms with Crippen LogP contribution in [0.3, 0.4) is 0 Å². The highest BCUT2D eigenvalue weighted by Gasteiger charge is 2.21. The van der Waals surface area contributed by atoms with Crippen molar-refractivity contribution in [2.45, 2.75) is 18.8 Å². The third-order valence-corrected chi connectivity index (χ3v) is 4.43. The van der Waals surface area contributed by atoms with Gasteiger partial charge in [-0.05, 0) is 24.3 Å². The molecule has 2 aromatic heterocycles. The van der Waals surface area contributed by atoms with Gasteiger partial charge in [0, 0.05) is 25.6 Å². The number of halogens is 1. The summed E-state index contributed by atoms with van der Waals surface area (Å²) in [6.07, 6.45) is 2.05. The van der Waals surface area contributed by atoms with Gasteiger partial charge in [-0.1, -0.05) is 0 Å². The number of hydrogen-bond donors (Lipinski definition) is 1. The standard InChI is InChI=1S/C14H16FN3O2S/c1-18-12(16-14(19)13-10(15)4-6-21-13)7-11(17-18)9-3-2-5-20-8-9/h4,6-7,9H,2-3,5,8H2,1H3,(H,16,19). The van der Waals surface area contributed by atoms with Crippen LogP contribution in [-0.2, 0) is 11.8 Å². The van der Waals surface area contributed by atoms with Crippen molar-refractivity contribution >= 4 is 23.1 Å². The van der Waals surface area contributed by atoms with E-state index in [9.17, 15) is 9.18 Å². The van der Waals surface area contributed by atoms with Crippen molar-refractivity contribution in [1.29, 1.82) is 0 Å². The van der Waals surface area contributed by atoms with Gasteiger partial charge in [0.25, 0.3) is 5.91 Å². The Morgan fingerprint density at radius 1 is 1.62 bits per heavy atom. The fourth-order valence-corrected chi connectivity index (χ4v) is 3.07. The predicted octanol–water partition coefficient (Wildman–Crippen LogP) is 2.77. The van der Waals surface area contributed by atoms with E-state index in [4.69, 9.17) is 4.74 Å². The maximum absolute atomic E-state index is 13.4. The molecule has 3 heterocycles. The van der Waals surface area contributed by atoms with E-state index in [0.29, 0.717) is 12.4 Å². The van der Waals surface area contributed by atoms with E-state index in [-0.39, 0.29) is 10.8 Å². The highest BCUT2D eigenvalue weighted by atomic mass is 32.1. The van der Waals surface area contributed by atoms with Gasteiger partial charge in [0.05, 0.1) is 12.3 Å². The summed E-state index contributed by atoms with van der Waals surface area (Å²) in [7, 11) is 1.76. The SMILES string of the molecule is Cn1nc(C2CCCOC2)cc1NC(=O)c1sccc1F. The van der Waals surface area contributed by atoms with Crippen molar-refractivity contribution < 1.29 is 13.9 Å². The first-order valence-electron chi connectivity index (χ1n) is 6.81. The minimum atomic E-state index is -0.499. The molecule has 7 heteroatoms. The molecule has 0 saturated carbocycles. The lowest BCUT2D eigenvalue weighted by Crippen LogP contribution is -2.16. The average Bonchev–Trinajstić information content (AvgIpc) is 3.07. The van der Waals surface area contributed by atoms with Crippen LogP contribution < -0.4 is 5.32 Å². The van der Waals surface area contributed by atoms with Gasteiger partial charge in [0.2, 0.25) is 0 Å². The number of thiophene rings is 1. The van der Waals surface area contributed by atoms with E-state index < -0.39 is 11.7 Å². The second-order valence-corrected chi connectivity index (χ2v) is 5.96. The summed E-state index contributed by atoms with van der Waals surface area (Å²) in [5.41, 5.74) is 0.902. The smallest absolute Gasteiger partial charge is 0.269 e. The minimum Gasteiger partial charge on any atom is -0.381 e. The van der Waals surface area contributed by atoms with E-state index >= 15 is 0 Å². The third kappa shape index (κ3) is 2.98. The van der Waals surface area contributed by atoms with Crippen molar-refractivity contribution in [3.05, 3.63) is 33.9 Å². The van der Waals surface area contributed by atoms with Gasteiger partial charge in [0.1, 0.15) is 16.5 Å². The number of aromatic nitrogens is 2. The van der Waals surface area contributed by atoms with Crippen molar-refractivity contribution in [2.24, 2.45) is 7.05 Å². The lowest BCUT2D eigenvalue weighted by atomic mass is 9.99. The monoisotopic (exact) mass is 309 g/mol. The highest BCUT2D eigenvalue weighted by molar-refractivity contribution is 7.12. The Morgan fingerprint density at radius 3 is 3.14 bits per heavy atom.